The summed E-state index contributed by atoms with van der Waals surface area (Å²) >= 11 is 0. The van der Waals surface area contributed by atoms with Gasteiger partial charge in [0.15, 0.2) is 11.5 Å². The minimum Gasteiger partial charge on any atom is -0.493 e. The predicted octanol–water partition coefficient (Wildman–Crippen LogP) is 4.47. The van der Waals surface area contributed by atoms with E-state index in [0.717, 1.165) is 22.9 Å². The number of nitrogens with one attached hydrogen (secondary N) is 2. The fraction of sp³-hybridized carbons (Fsp3) is 0.238. The number of benzene rings is 2. The van der Waals surface area contributed by atoms with Crippen molar-refractivity contribution in [2.45, 2.75) is 20.4 Å². The van der Waals surface area contributed by atoms with Crippen LogP contribution in [-0.2, 0) is 6.54 Å². The molecule has 0 saturated carbocycles. The molecular formula is C21H24N4O2. The van der Waals surface area contributed by atoms with Crippen molar-refractivity contribution < 1.29 is 9.47 Å². The highest BCUT2D eigenvalue weighted by Crippen LogP contribution is 2.28. The van der Waals surface area contributed by atoms with Gasteiger partial charge in [-0.3, -0.25) is 0 Å². The van der Waals surface area contributed by atoms with Crippen molar-refractivity contribution in [1.29, 1.82) is 0 Å². The lowest BCUT2D eigenvalue weighted by Gasteiger charge is -2.12. The number of aryl methyl sites for hydroxylation is 2. The molecule has 2 aromatic carbocycles. The molecule has 1 heterocycles. The lowest BCUT2D eigenvalue weighted by molar-refractivity contribution is 0.354. The first-order valence-corrected chi connectivity index (χ1v) is 8.70. The quantitative estimate of drug-likeness (QED) is 0.645. The predicted molar refractivity (Wildman–Crippen MR) is 108 cm³/mol. The lowest BCUT2D eigenvalue weighted by Crippen LogP contribution is -2.04. The van der Waals surface area contributed by atoms with Crippen molar-refractivity contribution in [3.8, 4) is 11.5 Å². The molecule has 0 amide bonds. The van der Waals surface area contributed by atoms with Gasteiger partial charge in [-0.1, -0.05) is 12.1 Å². The molecule has 0 aliphatic rings. The van der Waals surface area contributed by atoms with Gasteiger partial charge in [0.1, 0.15) is 18.0 Å². The van der Waals surface area contributed by atoms with Crippen LogP contribution in [0.4, 0.5) is 17.3 Å². The zero-order valence-electron chi connectivity index (χ0n) is 16.0. The van der Waals surface area contributed by atoms with Gasteiger partial charge in [0.2, 0.25) is 0 Å². The number of anilines is 3. The molecule has 6 heteroatoms. The van der Waals surface area contributed by atoms with Crippen molar-refractivity contribution in [1.82, 2.24) is 9.97 Å². The van der Waals surface area contributed by atoms with Crippen LogP contribution < -0.4 is 20.1 Å². The van der Waals surface area contributed by atoms with Crippen LogP contribution in [0.2, 0.25) is 0 Å². The van der Waals surface area contributed by atoms with Gasteiger partial charge in [0, 0.05) is 18.3 Å². The van der Waals surface area contributed by atoms with E-state index in [1.807, 2.05) is 30.3 Å². The average Bonchev–Trinajstić information content (AvgIpc) is 2.69. The fourth-order valence-corrected chi connectivity index (χ4v) is 2.67. The Morgan fingerprint density at radius 3 is 2.33 bits per heavy atom. The van der Waals surface area contributed by atoms with E-state index in [9.17, 15) is 0 Å². The number of hydrogen-bond donors (Lipinski definition) is 2. The van der Waals surface area contributed by atoms with Gasteiger partial charge in [0.05, 0.1) is 14.2 Å². The SMILES string of the molecule is COc1ccc(CNc2cc(Nc3ccc(C)c(C)c3)ncn2)cc1OC. The van der Waals surface area contributed by atoms with Crippen molar-refractivity contribution in [3.63, 3.8) is 0 Å². The molecule has 0 fully saturated rings. The summed E-state index contributed by atoms with van der Waals surface area (Å²) in [4.78, 5) is 8.58. The first-order chi connectivity index (χ1) is 13.1. The van der Waals surface area contributed by atoms with Gasteiger partial charge in [-0.2, -0.15) is 0 Å². The van der Waals surface area contributed by atoms with Crippen LogP contribution in [0.3, 0.4) is 0 Å². The summed E-state index contributed by atoms with van der Waals surface area (Å²) in [6.45, 7) is 4.80. The Kier molecular flexibility index (Phi) is 5.76. The van der Waals surface area contributed by atoms with Crippen LogP contribution in [0, 0.1) is 13.8 Å². The largest absolute Gasteiger partial charge is 0.493 e. The van der Waals surface area contributed by atoms with Gasteiger partial charge >= 0.3 is 0 Å². The van der Waals surface area contributed by atoms with E-state index in [1.54, 1.807) is 20.5 Å². The van der Waals surface area contributed by atoms with Crippen molar-refractivity contribution in [2.75, 3.05) is 24.9 Å². The van der Waals surface area contributed by atoms with E-state index in [0.29, 0.717) is 18.0 Å². The van der Waals surface area contributed by atoms with Crippen molar-refractivity contribution in [2.24, 2.45) is 0 Å². The number of hydrogen-bond acceptors (Lipinski definition) is 6. The van der Waals surface area contributed by atoms with Gasteiger partial charge < -0.3 is 20.1 Å². The van der Waals surface area contributed by atoms with Gasteiger partial charge in [-0.05, 0) is 54.8 Å². The Bertz CT molecular complexity index is 928. The first-order valence-electron chi connectivity index (χ1n) is 8.70. The van der Waals surface area contributed by atoms with Crippen LogP contribution >= 0.6 is 0 Å². The van der Waals surface area contributed by atoms with Gasteiger partial charge in [0.25, 0.3) is 0 Å². The summed E-state index contributed by atoms with van der Waals surface area (Å²) in [5, 5.41) is 6.63. The number of methoxy groups -OCH3 is 2. The lowest BCUT2D eigenvalue weighted by atomic mass is 10.1. The van der Waals surface area contributed by atoms with E-state index in [4.69, 9.17) is 9.47 Å². The minimum absolute atomic E-state index is 0.612. The minimum atomic E-state index is 0.612. The Labute approximate surface area is 159 Å². The third-order valence-corrected chi connectivity index (χ3v) is 4.37. The van der Waals surface area contributed by atoms with Crippen LogP contribution in [-0.4, -0.2) is 24.2 Å². The molecule has 6 nitrogen and oxygen atoms in total. The highest BCUT2D eigenvalue weighted by molar-refractivity contribution is 5.60. The number of ether oxygens (including phenoxy) is 2. The highest BCUT2D eigenvalue weighted by atomic mass is 16.5. The molecule has 140 valence electrons. The summed E-state index contributed by atoms with van der Waals surface area (Å²) in [5.41, 5.74) is 4.57. The van der Waals surface area contributed by atoms with Gasteiger partial charge in [-0.25, -0.2) is 9.97 Å². The van der Waals surface area contributed by atoms with E-state index >= 15 is 0 Å². The van der Waals surface area contributed by atoms with Crippen LogP contribution in [0.1, 0.15) is 16.7 Å². The second-order valence-electron chi connectivity index (χ2n) is 6.26. The molecule has 0 aliphatic heterocycles. The molecular weight excluding hydrogens is 340 g/mol. The first kappa shape index (κ1) is 18.5. The molecule has 0 spiro atoms. The maximum absolute atomic E-state index is 5.34. The molecule has 2 N–H and O–H groups in total. The summed E-state index contributed by atoms with van der Waals surface area (Å²) in [6.07, 6.45) is 1.54. The molecule has 1 aromatic heterocycles. The number of rotatable bonds is 7. The normalized spacial score (nSPS) is 10.4. The summed E-state index contributed by atoms with van der Waals surface area (Å²) < 4.78 is 10.6. The molecule has 0 saturated heterocycles. The summed E-state index contributed by atoms with van der Waals surface area (Å²) in [6, 6.07) is 14.0. The smallest absolute Gasteiger partial charge is 0.161 e. The maximum Gasteiger partial charge on any atom is 0.161 e. The molecule has 0 radical (unpaired) electrons. The van der Waals surface area contributed by atoms with Crippen LogP contribution in [0.5, 0.6) is 11.5 Å². The molecule has 0 bridgehead atoms. The molecule has 0 atom stereocenters. The molecule has 0 aliphatic carbocycles. The Hall–Kier alpha value is -3.28. The number of aromatic nitrogens is 2. The van der Waals surface area contributed by atoms with E-state index in [-0.39, 0.29) is 0 Å². The van der Waals surface area contributed by atoms with Crippen LogP contribution in [0.15, 0.2) is 48.8 Å². The van der Waals surface area contributed by atoms with E-state index < -0.39 is 0 Å². The highest BCUT2D eigenvalue weighted by Gasteiger charge is 2.05. The maximum atomic E-state index is 5.34. The van der Waals surface area contributed by atoms with Crippen molar-refractivity contribution in [3.05, 3.63) is 65.5 Å². The Morgan fingerprint density at radius 1 is 0.815 bits per heavy atom. The fourth-order valence-electron chi connectivity index (χ4n) is 2.67. The molecule has 3 aromatic rings. The standard InChI is InChI=1S/C21H24N4O2/c1-14-5-7-17(9-15(14)2)25-21-11-20(23-13-24-21)22-12-16-6-8-18(26-3)19(10-16)27-4/h5-11,13H,12H2,1-4H3,(H2,22,23,24,25). The van der Waals surface area contributed by atoms with E-state index in [2.05, 4.69) is 46.6 Å². The van der Waals surface area contributed by atoms with Gasteiger partial charge in [-0.15, -0.1) is 0 Å². The zero-order valence-corrected chi connectivity index (χ0v) is 16.0. The third kappa shape index (κ3) is 4.67. The van der Waals surface area contributed by atoms with Crippen molar-refractivity contribution >= 4 is 17.3 Å². The third-order valence-electron chi connectivity index (χ3n) is 4.37. The molecule has 0 unspecified atom stereocenters. The number of nitrogens with zero attached hydrogens (tertiary/aromatic N) is 2. The van der Waals surface area contributed by atoms with Crippen LogP contribution in [0.25, 0.3) is 0 Å². The summed E-state index contributed by atoms with van der Waals surface area (Å²) in [7, 11) is 3.25. The molecule has 3 rings (SSSR count). The summed E-state index contributed by atoms with van der Waals surface area (Å²) in [5.74, 6) is 2.90. The zero-order chi connectivity index (χ0) is 19.2. The Balaban J connectivity index is 1.68. The Morgan fingerprint density at radius 2 is 1.59 bits per heavy atom. The average molecular weight is 364 g/mol. The molecule has 27 heavy (non-hydrogen) atoms. The van der Waals surface area contributed by atoms with E-state index in [1.165, 1.54) is 11.1 Å². The second-order valence-corrected chi connectivity index (χ2v) is 6.26. The monoisotopic (exact) mass is 364 g/mol. The topological polar surface area (TPSA) is 68.3 Å². The second kappa shape index (κ2) is 8.40.